The summed E-state index contributed by atoms with van der Waals surface area (Å²) in [5.74, 6) is 2.12. The van der Waals surface area contributed by atoms with Gasteiger partial charge in [0.15, 0.2) is 6.61 Å². The maximum Gasteiger partial charge on any atom is 0.257 e. The van der Waals surface area contributed by atoms with Crippen molar-refractivity contribution in [2.45, 2.75) is 25.9 Å². The normalized spacial score (nSPS) is 14.0. The van der Waals surface area contributed by atoms with Crippen molar-refractivity contribution in [3.63, 3.8) is 0 Å². The summed E-state index contributed by atoms with van der Waals surface area (Å²) >= 11 is 0. The van der Waals surface area contributed by atoms with Crippen molar-refractivity contribution in [2.24, 2.45) is 0 Å². The highest BCUT2D eigenvalue weighted by molar-refractivity contribution is 5.77. The fourth-order valence-electron chi connectivity index (χ4n) is 3.69. The van der Waals surface area contributed by atoms with Gasteiger partial charge in [0.2, 0.25) is 0 Å². The van der Waals surface area contributed by atoms with E-state index in [1.165, 1.54) is 6.07 Å². The molecule has 8 heteroatoms. The van der Waals surface area contributed by atoms with Crippen LogP contribution in [0.15, 0.2) is 54.6 Å². The number of ether oxygens (including phenoxy) is 1. The standard InChI is InChI=1S/C23H26FN5O2/c24-19-6-4-5-18(15-19)16-28-12-10-22-27-26-21(29(22)14-13-28)9-11-25-23(30)17-31-20-7-2-1-3-8-20/h1-8,15H,9-14,16-17H2,(H,25,30). The first-order valence-corrected chi connectivity index (χ1v) is 10.5. The van der Waals surface area contributed by atoms with Gasteiger partial charge in [-0.2, -0.15) is 0 Å². The van der Waals surface area contributed by atoms with Gasteiger partial charge in [-0.15, -0.1) is 10.2 Å². The van der Waals surface area contributed by atoms with Crippen LogP contribution >= 0.6 is 0 Å². The number of aromatic nitrogens is 3. The van der Waals surface area contributed by atoms with Crippen molar-refractivity contribution in [2.75, 3.05) is 26.2 Å². The first-order valence-electron chi connectivity index (χ1n) is 10.5. The number of nitrogens with one attached hydrogen (secondary N) is 1. The molecular formula is C23H26FN5O2. The van der Waals surface area contributed by atoms with Crippen molar-refractivity contribution in [3.05, 3.63) is 77.6 Å². The minimum absolute atomic E-state index is 0.0169. The number of amides is 1. The molecule has 1 aliphatic rings. The number of nitrogens with zero attached hydrogens (tertiary/aromatic N) is 4. The van der Waals surface area contributed by atoms with Gasteiger partial charge >= 0.3 is 0 Å². The van der Waals surface area contributed by atoms with Crippen LogP contribution in [0.25, 0.3) is 0 Å². The van der Waals surface area contributed by atoms with E-state index in [-0.39, 0.29) is 18.3 Å². The van der Waals surface area contributed by atoms with E-state index < -0.39 is 0 Å². The van der Waals surface area contributed by atoms with Crippen LogP contribution in [0.2, 0.25) is 0 Å². The van der Waals surface area contributed by atoms with Gasteiger partial charge in [0.1, 0.15) is 23.2 Å². The predicted molar refractivity (Wildman–Crippen MR) is 114 cm³/mol. The molecule has 2 heterocycles. The number of fused-ring (bicyclic) bond motifs is 1. The Balaban J connectivity index is 1.24. The lowest BCUT2D eigenvalue weighted by Gasteiger charge is -2.19. The smallest absolute Gasteiger partial charge is 0.257 e. The molecule has 2 aromatic carbocycles. The second-order valence-corrected chi connectivity index (χ2v) is 7.54. The average molecular weight is 423 g/mol. The van der Waals surface area contributed by atoms with Crippen LogP contribution < -0.4 is 10.1 Å². The van der Waals surface area contributed by atoms with E-state index in [4.69, 9.17) is 4.74 Å². The monoisotopic (exact) mass is 423 g/mol. The number of hydrogen-bond acceptors (Lipinski definition) is 5. The Morgan fingerprint density at radius 1 is 1.06 bits per heavy atom. The van der Waals surface area contributed by atoms with Gasteiger partial charge < -0.3 is 14.6 Å². The summed E-state index contributed by atoms with van der Waals surface area (Å²) in [6.45, 7) is 3.63. The van der Waals surface area contributed by atoms with Gasteiger partial charge in [0.05, 0.1) is 0 Å². The van der Waals surface area contributed by atoms with E-state index in [2.05, 4.69) is 25.0 Å². The third kappa shape index (κ3) is 5.88. The zero-order valence-corrected chi connectivity index (χ0v) is 17.3. The number of carbonyl (C=O) groups excluding carboxylic acids is 1. The maximum absolute atomic E-state index is 13.5. The average Bonchev–Trinajstić information content (AvgIpc) is 3.05. The summed E-state index contributed by atoms with van der Waals surface area (Å²) in [7, 11) is 0. The molecule has 1 aromatic heterocycles. The molecule has 0 aliphatic carbocycles. The van der Waals surface area contributed by atoms with Crippen molar-refractivity contribution in [1.29, 1.82) is 0 Å². The second-order valence-electron chi connectivity index (χ2n) is 7.54. The topological polar surface area (TPSA) is 72.3 Å². The molecule has 0 fully saturated rings. The highest BCUT2D eigenvalue weighted by atomic mass is 19.1. The fourth-order valence-corrected chi connectivity index (χ4v) is 3.69. The van der Waals surface area contributed by atoms with Crippen molar-refractivity contribution >= 4 is 5.91 Å². The molecule has 4 rings (SSSR count). The van der Waals surface area contributed by atoms with E-state index in [9.17, 15) is 9.18 Å². The van der Waals surface area contributed by atoms with Crippen LogP contribution in [-0.4, -0.2) is 51.8 Å². The lowest BCUT2D eigenvalue weighted by molar-refractivity contribution is -0.123. The molecule has 7 nitrogen and oxygen atoms in total. The fraction of sp³-hybridized carbons (Fsp3) is 0.348. The summed E-state index contributed by atoms with van der Waals surface area (Å²) < 4.78 is 21.0. The van der Waals surface area contributed by atoms with Crippen LogP contribution in [0.3, 0.4) is 0 Å². The summed E-state index contributed by atoms with van der Waals surface area (Å²) in [6.07, 6.45) is 1.40. The van der Waals surface area contributed by atoms with Gasteiger partial charge in [-0.25, -0.2) is 4.39 Å². The summed E-state index contributed by atoms with van der Waals surface area (Å²) in [6, 6.07) is 16.0. The quantitative estimate of drug-likeness (QED) is 0.602. The lowest BCUT2D eigenvalue weighted by Crippen LogP contribution is -2.31. The first kappa shape index (κ1) is 21.0. The number of benzene rings is 2. The largest absolute Gasteiger partial charge is 0.484 e. The predicted octanol–water partition coefficient (Wildman–Crippen LogP) is 2.21. The van der Waals surface area contributed by atoms with Gasteiger partial charge in [-0.3, -0.25) is 9.69 Å². The van der Waals surface area contributed by atoms with Gasteiger partial charge in [0.25, 0.3) is 5.91 Å². The molecule has 0 unspecified atom stereocenters. The Morgan fingerprint density at radius 2 is 1.94 bits per heavy atom. The number of carbonyl (C=O) groups is 1. The summed E-state index contributed by atoms with van der Waals surface area (Å²) in [5, 5.41) is 11.5. The van der Waals surface area contributed by atoms with Gasteiger partial charge in [0, 0.05) is 45.6 Å². The Bertz CT molecular complexity index is 1010. The van der Waals surface area contributed by atoms with Crippen molar-refractivity contribution < 1.29 is 13.9 Å². The molecule has 0 atom stereocenters. The van der Waals surface area contributed by atoms with E-state index in [1.807, 2.05) is 36.4 Å². The zero-order chi connectivity index (χ0) is 21.5. The Hall–Kier alpha value is -3.26. The molecule has 31 heavy (non-hydrogen) atoms. The molecule has 0 bridgehead atoms. The summed E-state index contributed by atoms with van der Waals surface area (Å²) in [4.78, 5) is 14.3. The highest BCUT2D eigenvalue weighted by Crippen LogP contribution is 2.13. The number of halogens is 1. The van der Waals surface area contributed by atoms with E-state index in [0.717, 1.165) is 43.3 Å². The van der Waals surface area contributed by atoms with Crippen molar-refractivity contribution in [3.8, 4) is 5.75 Å². The van der Waals surface area contributed by atoms with Crippen LogP contribution in [-0.2, 0) is 30.7 Å². The number of rotatable bonds is 8. The third-order valence-electron chi connectivity index (χ3n) is 5.27. The summed E-state index contributed by atoms with van der Waals surface area (Å²) in [5.41, 5.74) is 0.971. The Kier molecular flexibility index (Phi) is 6.89. The molecule has 0 saturated heterocycles. The molecular weight excluding hydrogens is 397 g/mol. The van der Waals surface area contributed by atoms with E-state index in [0.29, 0.717) is 25.3 Å². The minimum Gasteiger partial charge on any atom is -0.484 e. The molecule has 0 spiro atoms. The first-order chi connectivity index (χ1) is 15.2. The lowest BCUT2D eigenvalue weighted by atomic mass is 10.2. The number of hydrogen-bond donors (Lipinski definition) is 1. The Morgan fingerprint density at radius 3 is 2.77 bits per heavy atom. The molecule has 1 aliphatic heterocycles. The molecule has 0 saturated carbocycles. The molecule has 3 aromatic rings. The van der Waals surface area contributed by atoms with Gasteiger partial charge in [-0.1, -0.05) is 30.3 Å². The maximum atomic E-state index is 13.5. The van der Waals surface area contributed by atoms with Crippen LogP contribution in [0, 0.1) is 5.82 Å². The second kappa shape index (κ2) is 10.2. The molecule has 162 valence electrons. The van der Waals surface area contributed by atoms with E-state index in [1.54, 1.807) is 12.1 Å². The molecule has 0 radical (unpaired) electrons. The van der Waals surface area contributed by atoms with Crippen LogP contribution in [0.5, 0.6) is 5.75 Å². The highest BCUT2D eigenvalue weighted by Gasteiger charge is 2.19. The number of para-hydroxylation sites is 1. The van der Waals surface area contributed by atoms with Crippen molar-refractivity contribution in [1.82, 2.24) is 25.0 Å². The molecule has 1 N–H and O–H groups in total. The van der Waals surface area contributed by atoms with Gasteiger partial charge in [-0.05, 0) is 29.8 Å². The van der Waals surface area contributed by atoms with Crippen LogP contribution in [0.1, 0.15) is 17.2 Å². The Labute approximate surface area is 180 Å². The van der Waals surface area contributed by atoms with Crippen LogP contribution in [0.4, 0.5) is 4.39 Å². The minimum atomic E-state index is -0.206. The SMILES string of the molecule is O=C(COc1ccccc1)NCCc1nnc2n1CCN(Cc1cccc(F)c1)CC2. The zero-order valence-electron chi connectivity index (χ0n) is 17.3. The van der Waals surface area contributed by atoms with E-state index >= 15 is 0 Å². The third-order valence-corrected chi connectivity index (χ3v) is 5.27. The molecule has 1 amide bonds.